The minimum Gasteiger partial charge on any atom is -0.348 e. The molecule has 2 heterocycles. The molecule has 0 spiro atoms. The Balaban J connectivity index is 2.16. The number of rotatable bonds is 4. The van der Waals surface area contributed by atoms with Gasteiger partial charge in [0.15, 0.2) is 0 Å². The van der Waals surface area contributed by atoms with Gasteiger partial charge in [-0.1, -0.05) is 6.92 Å². The first-order valence-electron chi connectivity index (χ1n) is 6.35. The van der Waals surface area contributed by atoms with E-state index in [2.05, 4.69) is 20.3 Å². The van der Waals surface area contributed by atoms with Crippen molar-refractivity contribution in [2.24, 2.45) is 0 Å². The van der Waals surface area contributed by atoms with Crippen LogP contribution >= 0.6 is 0 Å². The molecular weight excluding hydrogens is 240 g/mol. The molecular formula is C14H18N4O. The molecule has 0 fully saturated rings. The van der Waals surface area contributed by atoms with Gasteiger partial charge in [0.2, 0.25) is 0 Å². The number of amides is 1. The van der Waals surface area contributed by atoms with Crippen molar-refractivity contribution >= 4 is 5.91 Å². The summed E-state index contributed by atoms with van der Waals surface area (Å²) >= 11 is 0. The number of pyridine rings is 1. The molecule has 5 nitrogen and oxygen atoms in total. The molecule has 5 heteroatoms. The predicted molar refractivity (Wildman–Crippen MR) is 72.8 cm³/mol. The lowest BCUT2D eigenvalue weighted by molar-refractivity contribution is 0.0929. The van der Waals surface area contributed by atoms with Crippen LogP contribution in [0.2, 0.25) is 0 Å². The molecule has 0 unspecified atom stereocenters. The second kappa shape index (κ2) is 5.65. The highest BCUT2D eigenvalue weighted by Crippen LogP contribution is 2.16. The Bertz CT molecular complexity index is 576. The lowest BCUT2D eigenvalue weighted by Gasteiger charge is -2.16. The largest absolute Gasteiger partial charge is 0.348 e. The van der Waals surface area contributed by atoms with E-state index >= 15 is 0 Å². The molecule has 1 amide bonds. The van der Waals surface area contributed by atoms with Crippen molar-refractivity contribution in [1.29, 1.82) is 0 Å². The number of nitrogens with one attached hydrogen (secondary N) is 2. The zero-order valence-corrected chi connectivity index (χ0v) is 11.4. The summed E-state index contributed by atoms with van der Waals surface area (Å²) in [7, 11) is 0. The highest BCUT2D eigenvalue weighted by Gasteiger charge is 2.18. The Labute approximate surface area is 112 Å². The maximum Gasteiger partial charge on any atom is 0.272 e. The summed E-state index contributed by atoms with van der Waals surface area (Å²) in [6, 6.07) is 3.84. The van der Waals surface area contributed by atoms with Crippen LogP contribution in [-0.4, -0.2) is 20.9 Å². The van der Waals surface area contributed by atoms with Crippen LogP contribution < -0.4 is 5.32 Å². The number of aryl methyl sites for hydroxylation is 2. The highest BCUT2D eigenvalue weighted by atomic mass is 16.2. The zero-order valence-electron chi connectivity index (χ0n) is 11.4. The van der Waals surface area contributed by atoms with E-state index in [0.29, 0.717) is 5.69 Å². The highest BCUT2D eigenvalue weighted by molar-refractivity contribution is 5.93. The number of hydrogen-bond acceptors (Lipinski definition) is 3. The third-order valence-corrected chi connectivity index (χ3v) is 3.05. The van der Waals surface area contributed by atoms with Crippen molar-refractivity contribution in [1.82, 2.24) is 20.3 Å². The molecule has 0 bridgehead atoms. The fourth-order valence-electron chi connectivity index (χ4n) is 1.95. The molecule has 2 N–H and O–H groups in total. The van der Waals surface area contributed by atoms with Crippen LogP contribution in [-0.2, 0) is 0 Å². The van der Waals surface area contributed by atoms with Gasteiger partial charge in [-0.15, -0.1) is 0 Å². The van der Waals surface area contributed by atoms with Gasteiger partial charge in [-0.2, -0.15) is 0 Å². The SMILES string of the molecule is CC[C@@H](NC(=O)c1nc[nH]c1C)c1cc(C)ccn1. The number of aromatic amines is 1. The number of hydrogen-bond donors (Lipinski definition) is 2. The van der Waals surface area contributed by atoms with Crippen LogP contribution in [0.3, 0.4) is 0 Å². The molecule has 0 radical (unpaired) electrons. The monoisotopic (exact) mass is 258 g/mol. The first-order chi connectivity index (χ1) is 9.11. The molecule has 0 aliphatic heterocycles. The Morgan fingerprint density at radius 3 is 2.79 bits per heavy atom. The maximum atomic E-state index is 12.1. The van der Waals surface area contributed by atoms with Crippen molar-refractivity contribution in [2.75, 3.05) is 0 Å². The Kier molecular flexibility index (Phi) is 3.94. The molecule has 0 saturated heterocycles. The molecule has 2 aromatic heterocycles. The van der Waals surface area contributed by atoms with E-state index in [1.165, 1.54) is 6.33 Å². The standard InChI is InChI=1S/C14H18N4O/c1-4-11(12-7-9(2)5-6-15-12)18-14(19)13-10(3)16-8-17-13/h5-8,11H,4H2,1-3H3,(H,16,17)(H,18,19)/t11-/m1/s1. The smallest absolute Gasteiger partial charge is 0.272 e. The average Bonchev–Trinajstić information content (AvgIpc) is 2.82. The molecule has 2 rings (SSSR count). The van der Waals surface area contributed by atoms with E-state index in [0.717, 1.165) is 23.4 Å². The van der Waals surface area contributed by atoms with E-state index in [4.69, 9.17) is 0 Å². The predicted octanol–water partition coefficient (Wildman–Crippen LogP) is 2.30. The summed E-state index contributed by atoms with van der Waals surface area (Å²) in [4.78, 5) is 23.4. The normalized spacial score (nSPS) is 12.2. The van der Waals surface area contributed by atoms with Gasteiger partial charge in [0.05, 0.1) is 18.1 Å². The number of carbonyl (C=O) groups is 1. The van der Waals surface area contributed by atoms with Crippen LogP contribution in [0.5, 0.6) is 0 Å². The Morgan fingerprint density at radius 2 is 2.21 bits per heavy atom. The number of H-pyrrole nitrogens is 1. The lowest BCUT2D eigenvalue weighted by Crippen LogP contribution is -2.29. The molecule has 0 saturated carbocycles. The summed E-state index contributed by atoms with van der Waals surface area (Å²) in [6.07, 6.45) is 4.07. The van der Waals surface area contributed by atoms with Crippen LogP contribution in [0.1, 0.15) is 46.8 Å². The van der Waals surface area contributed by atoms with Crippen LogP contribution in [0.15, 0.2) is 24.7 Å². The molecule has 0 aromatic carbocycles. The quantitative estimate of drug-likeness (QED) is 0.884. The van der Waals surface area contributed by atoms with Gasteiger partial charge < -0.3 is 10.3 Å². The molecule has 0 aliphatic carbocycles. The van der Waals surface area contributed by atoms with Gasteiger partial charge in [-0.05, 0) is 38.0 Å². The Morgan fingerprint density at radius 1 is 1.42 bits per heavy atom. The minimum absolute atomic E-state index is 0.0940. The lowest BCUT2D eigenvalue weighted by atomic mass is 10.1. The second-order valence-corrected chi connectivity index (χ2v) is 4.57. The minimum atomic E-state index is -0.172. The van der Waals surface area contributed by atoms with Crippen molar-refractivity contribution in [3.63, 3.8) is 0 Å². The number of carbonyl (C=O) groups excluding carboxylic acids is 1. The first-order valence-corrected chi connectivity index (χ1v) is 6.35. The molecule has 19 heavy (non-hydrogen) atoms. The van der Waals surface area contributed by atoms with Crippen molar-refractivity contribution < 1.29 is 4.79 Å². The van der Waals surface area contributed by atoms with Gasteiger partial charge in [0.25, 0.3) is 5.91 Å². The number of imidazole rings is 1. The maximum absolute atomic E-state index is 12.1. The molecule has 100 valence electrons. The molecule has 1 atom stereocenters. The van der Waals surface area contributed by atoms with E-state index in [1.807, 2.05) is 32.9 Å². The van der Waals surface area contributed by atoms with Crippen molar-refractivity contribution in [3.8, 4) is 0 Å². The van der Waals surface area contributed by atoms with Gasteiger partial charge in [-0.25, -0.2) is 4.98 Å². The topological polar surface area (TPSA) is 70.7 Å². The van der Waals surface area contributed by atoms with Crippen LogP contribution in [0.4, 0.5) is 0 Å². The summed E-state index contributed by atoms with van der Waals surface area (Å²) in [5.41, 5.74) is 3.22. The zero-order chi connectivity index (χ0) is 13.8. The average molecular weight is 258 g/mol. The van der Waals surface area contributed by atoms with E-state index < -0.39 is 0 Å². The van der Waals surface area contributed by atoms with E-state index in [9.17, 15) is 4.79 Å². The Hall–Kier alpha value is -2.17. The third kappa shape index (κ3) is 2.99. The summed E-state index contributed by atoms with van der Waals surface area (Å²) < 4.78 is 0. The van der Waals surface area contributed by atoms with Crippen LogP contribution in [0, 0.1) is 13.8 Å². The van der Waals surface area contributed by atoms with Crippen LogP contribution in [0.25, 0.3) is 0 Å². The van der Waals surface area contributed by atoms with Gasteiger partial charge in [0, 0.05) is 11.9 Å². The second-order valence-electron chi connectivity index (χ2n) is 4.57. The van der Waals surface area contributed by atoms with E-state index in [-0.39, 0.29) is 11.9 Å². The van der Waals surface area contributed by atoms with Gasteiger partial charge in [-0.3, -0.25) is 9.78 Å². The summed E-state index contributed by atoms with van der Waals surface area (Å²) in [5.74, 6) is -0.172. The third-order valence-electron chi connectivity index (χ3n) is 3.05. The number of nitrogens with zero attached hydrogens (tertiary/aromatic N) is 2. The summed E-state index contributed by atoms with van der Waals surface area (Å²) in [6.45, 7) is 5.86. The van der Waals surface area contributed by atoms with E-state index in [1.54, 1.807) is 6.20 Å². The van der Waals surface area contributed by atoms with Crippen molar-refractivity contribution in [3.05, 3.63) is 47.3 Å². The molecule has 0 aliphatic rings. The fourth-order valence-corrected chi connectivity index (χ4v) is 1.95. The first kappa shape index (κ1) is 13.3. The summed E-state index contributed by atoms with van der Waals surface area (Å²) in [5, 5.41) is 2.97. The van der Waals surface area contributed by atoms with Crippen molar-refractivity contribution in [2.45, 2.75) is 33.2 Å². The van der Waals surface area contributed by atoms with Gasteiger partial charge in [0.1, 0.15) is 5.69 Å². The molecule has 2 aromatic rings. The number of aromatic nitrogens is 3. The van der Waals surface area contributed by atoms with Gasteiger partial charge >= 0.3 is 0 Å². The fraction of sp³-hybridized carbons (Fsp3) is 0.357.